The van der Waals surface area contributed by atoms with Crippen LogP contribution in [0.25, 0.3) is 0 Å². The minimum absolute atomic E-state index is 0.112. The number of amides is 2. The van der Waals surface area contributed by atoms with Crippen LogP contribution in [0, 0.1) is 0 Å². The van der Waals surface area contributed by atoms with Gasteiger partial charge in [0.15, 0.2) is 0 Å². The van der Waals surface area contributed by atoms with Crippen LogP contribution in [-0.4, -0.2) is 47.9 Å². The fourth-order valence-corrected chi connectivity index (χ4v) is 2.00. The van der Waals surface area contributed by atoms with E-state index in [0.717, 1.165) is 5.56 Å². The maximum absolute atomic E-state index is 11.8. The van der Waals surface area contributed by atoms with Crippen LogP contribution in [0.2, 0.25) is 0 Å². The standard InChI is InChI=1S/C18H26N2O6/c1-12(21)19-9-10-25-14-7-5-13(6-8-14)11-15(16(22)23)20-17(24)26-18(2,3)4/h5-8,15H,9-11H2,1-4H3,(H,19,21)(H,20,24)(H,22,23)/t15-/m0/s1. The van der Waals surface area contributed by atoms with Crippen molar-refractivity contribution in [2.75, 3.05) is 13.2 Å². The van der Waals surface area contributed by atoms with Gasteiger partial charge in [-0.15, -0.1) is 0 Å². The molecule has 26 heavy (non-hydrogen) atoms. The van der Waals surface area contributed by atoms with E-state index in [0.29, 0.717) is 18.9 Å². The maximum atomic E-state index is 11.8. The third-order valence-corrected chi connectivity index (χ3v) is 3.10. The summed E-state index contributed by atoms with van der Waals surface area (Å²) in [6, 6.07) is 5.75. The number of nitrogens with one attached hydrogen (secondary N) is 2. The quantitative estimate of drug-likeness (QED) is 0.604. The summed E-state index contributed by atoms with van der Waals surface area (Å²) in [5.41, 5.74) is 0.0197. The molecule has 0 saturated heterocycles. The zero-order valence-corrected chi connectivity index (χ0v) is 15.5. The molecular formula is C18H26N2O6. The molecule has 0 bridgehead atoms. The van der Waals surface area contributed by atoms with Crippen molar-refractivity contribution in [1.82, 2.24) is 10.6 Å². The van der Waals surface area contributed by atoms with Crippen molar-refractivity contribution in [1.29, 1.82) is 0 Å². The van der Waals surface area contributed by atoms with Gasteiger partial charge < -0.3 is 25.2 Å². The summed E-state index contributed by atoms with van der Waals surface area (Å²) in [4.78, 5) is 33.9. The molecule has 0 spiro atoms. The number of benzene rings is 1. The molecule has 0 aliphatic carbocycles. The number of rotatable bonds is 8. The van der Waals surface area contributed by atoms with E-state index in [2.05, 4.69) is 10.6 Å². The molecule has 0 heterocycles. The predicted molar refractivity (Wildman–Crippen MR) is 95.1 cm³/mol. The average molecular weight is 366 g/mol. The molecule has 0 aliphatic heterocycles. The molecule has 0 fully saturated rings. The van der Waals surface area contributed by atoms with Gasteiger partial charge in [0.1, 0.15) is 24.0 Å². The van der Waals surface area contributed by atoms with Crippen LogP contribution >= 0.6 is 0 Å². The Morgan fingerprint density at radius 2 is 1.77 bits per heavy atom. The topological polar surface area (TPSA) is 114 Å². The minimum Gasteiger partial charge on any atom is -0.492 e. The second-order valence-corrected chi connectivity index (χ2v) is 6.72. The third-order valence-electron chi connectivity index (χ3n) is 3.10. The molecule has 0 radical (unpaired) electrons. The predicted octanol–water partition coefficient (Wildman–Crippen LogP) is 1.72. The third kappa shape index (κ3) is 8.91. The van der Waals surface area contributed by atoms with Gasteiger partial charge in [0.05, 0.1) is 6.54 Å². The van der Waals surface area contributed by atoms with Crippen molar-refractivity contribution in [3.8, 4) is 5.75 Å². The van der Waals surface area contributed by atoms with Crippen molar-refractivity contribution in [2.24, 2.45) is 0 Å². The smallest absolute Gasteiger partial charge is 0.408 e. The molecule has 1 atom stereocenters. The summed E-state index contributed by atoms with van der Waals surface area (Å²) >= 11 is 0. The first kappa shape index (κ1) is 21.3. The highest BCUT2D eigenvalue weighted by Gasteiger charge is 2.24. The lowest BCUT2D eigenvalue weighted by atomic mass is 10.1. The lowest BCUT2D eigenvalue weighted by molar-refractivity contribution is -0.139. The summed E-state index contributed by atoms with van der Waals surface area (Å²) in [7, 11) is 0. The monoisotopic (exact) mass is 366 g/mol. The summed E-state index contributed by atoms with van der Waals surface area (Å²) in [5, 5.41) is 14.3. The number of aliphatic carboxylic acids is 1. The van der Waals surface area contributed by atoms with E-state index in [-0.39, 0.29) is 12.3 Å². The van der Waals surface area contributed by atoms with Crippen molar-refractivity contribution in [3.63, 3.8) is 0 Å². The molecule has 2 amide bonds. The van der Waals surface area contributed by atoms with Gasteiger partial charge >= 0.3 is 12.1 Å². The van der Waals surface area contributed by atoms with Gasteiger partial charge in [-0.2, -0.15) is 0 Å². The molecule has 3 N–H and O–H groups in total. The number of ether oxygens (including phenoxy) is 2. The summed E-state index contributed by atoms with van der Waals surface area (Å²) in [6.45, 7) is 7.26. The Hall–Kier alpha value is -2.77. The maximum Gasteiger partial charge on any atom is 0.408 e. The highest BCUT2D eigenvalue weighted by molar-refractivity contribution is 5.80. The summed E-state index contributed by atoms with van der Waals surface area (Å²) in [5.74, 6) is -0.668. The lowest BCUT2D eigenvalue weighted by Gasteiger charge is -2.22. The first-order valence-electron chi connectivity index (χ1n) is 8.25. The fraction of sp³-hybridized carbons (Fsp3) is 0.500. The molecule has 1 rings (SSSR count). The van der Waals surface area contributed by atoms with Gasteiger partial charge in [-0.1, -0.05) is 12.1 Å². The van der Waals surface area contributed by atoms with Gasteiger partial charge in [-0.05, 0) is 38.5 Å². The second kappa shape index (κ2) is 9.65. The SMILES string of the molecule is CC(=O)NCCOc1ccc(C[C@H](NC(=O)OC(C)(C)C)C(=O)O)cc1. The Balaban J connectivity index is 2.57. The number of hydrogen-bond donors (Lipinski definition) is 3. The molecule has 1 aromatic rings. The van der Waals surface area contributed by atoms with Crippen LogP contribution < -0.4 is 15.4 Å². The van der Waals surface area contributed by atoms with Gasteiger partial charge in [-0.25, -0.2) is 9.59 Å². The number of carboxylic acids is 1. The number of hydrogen-bond acceptors (Lipinski definition) is 5. The molecule has 0 aliphatic rings. The van der Waals surface area contributed by atoms with Crippen LogP contribution in [0.4, 0.5) is 4.79 Å². The van der Waals surface area contributed by atoms with E-state index in [1.807, 2.05) is 0 Å². The van der Waals surface area contributed by atoms with Crippen LogP contribution in [0.1, 0.15) is 33.3 Å². The molecule has 0 saturated carbocycles. The highest BCUT2D eigenvalue weighted by atomic mass is 16.6. The van der Waals surface area contributed by atoms with E-state index < -0.39 is 23.7 Å². The molecule has 144 valence electrons. The van der Waals surface area contributed by atoms with Crippen LogP contribution in [0.5, 0.6) is 5.75 Å². The Bertz CT molecular complexity index is 622. The van der Waals surface area contributed by atoms with E-state index in [1.165, 1.54) is 6.92 Å². The van der Waals surface area contributed by atoms with Crippen molar-refractivity contribution < 1.29 is 29.0 Å². The van der Waals surface area contributed by atoms with E-state index in [1.54, 1.807) is 45.0 Å². The highest BCUT2D eigenvalue weighted by Crippen LogP contribution is 2.14. The Kier molecular flexibility index (Phi) is 7.89. The number of carboxylic acid groups (broad SMARTS) is 1. The zero-order chi connectivity index (χ0) is 19.7. The normalized spacial score (nSPS) is 12.0. The van der Waals surface area contributed by atoms with E-state index in [4.69, 9.17) is 9.47 Å². The lowest BCUT2D eigenvalue weighted by Crippen LogP contribution is -2.44. The fourth-order valence-electron chi connectivity index (χ4n) is 2.00. The Morgan fingerprint density at radius 1 is 1.15 bits per heavy atom. The van der Waals surface area contributed by atoms with Crippen LogP contribution in [0.3, 0.4) is 0 Å². The van der Waals surface area contributed by atoms with Crippen molar-refractivity contribution >= 4 is 18.0 Å². The van der Waals surface area contributed by atoms with E-state index >= 15 is 0 Å². The first-order valence-corrected chi connectivity index (χ1v) is 8.25. The van der Waals surface area contributed by atoms with Crippen LogP contribution in [-0.2, 0) is 20.7 Å². The van der Waals surface area contributed by atoms with Crippen LogP contribution in [0.15, 0.2) is 24.3 Å². The summed E-state index contributed by atoms with van der Waals surface area (Å²) in [6.07, 6.45) is -0.663. The molecule has 1 aromatic carbocycles. The van der Waals surface area contributed by atoms with Crippen molar-refractivity contribution in [3.05, 3.63) is 29.8 Å². The first-order chi connectivity index (χ1) is 12.1. The molecule has 0 aromatic heterocycles. The van der Waals surface area contributed by atoms with Gasteiger partial charge in [-0.3, -0.25) is 4.79 Å². The Labute approximate surface area is 152 Å². The number of carbonyl (C=O) groups is 3. The zero-order valence-electron chi connectivity index (χ0n) is 15.5. The largest absolute Gasteiger partial charge is 0.492 e. The van der Waals surface area contributed by atoms with Gasteiger partial charge in [0, 0.05) is 13.3 Å². The van der Waals surface area contributed by atoms with E-state index in [9.17, 15) is 19.5 Å². The van der Waals surface area contributed by atoms with Crippen molar-refractivity contribution in [2.45, 2.75) is 45.8 Å². The Morgan fingerprint density at radius 3 is 2.27 bits per heavy atom. The van der Waals surface area contributed by atoms with Gasteiger partial charge in [0.2, 0.25) is 5.91 Å². The second-order valence-electron chi connectivity index (χ2n) is 6.72. The molecule has 0 unspecified atom stereocenters. The minimum atomic E-state index is -1.15. The molecular weight excluding hydrogens is 340 g/mol. The average Bonchev–Trinajstić information content (AvgIpc) is 2.50. The van der Waals surface area contributed by atoms with Gasteiger partial charge in [0.25, 0.3) is 0 Å². The molecule has 8 nitrogen and oxygen atoms in total. The number of alkyl carbamates (subject to hydrolysis) is 1. The summed E-state index contributed by atoms with van der Waals surface area (Å²) < 4.78 is 10.5. The number of carbonyl (C=O) groups excluding carboxylic acids is 2. The molecule has 8 heteroatoms.